The fourth-order valence-corrected chi connectivity index (χ4v) is 2.05. The summed E-state index contributed by atoms with van der Waals surface area (Å²) in [7, 11) is 0. The van der Waals surface area contributed by atoms with Gasteiger partial charge < -0.3 is 4.74 Å². The largest absolute Gasteiger partial charge is 0.444 e. The number of carbonyl (C=O) groups excluding carboxylic acids is 2. The van der Waals surface area contributed by atoms with Crippen molar-refractivity contribution in [3.05, 3.63) is 0 Å². The average Bonchev–Trinajstić information content (AvgIpc) is 2.42. The van der Waals surface area contributed by atoms with Gasteiger partial charge in [-0.3, -0.25) is 9.69 Å². The number of likely N-dealkylation sites (tertiary alicyclic amines) is 1. The van der Waals surface area contributed by atoms with Gasteiger partial charge in [0.2, 0.25) is 0 Å². The highest BCUT2D eigenvalue weighted by Gasteiger charge is 2.36. The number of hydrogen-bond donors (Lipinski definition) is 0. The lowest BCUT2D eigenvalue weighted by Gasteiger charge is -2.28. The Bertz CT molecular complexity index is 304. The van der Waals surface area contributed by atoms with Crippen LogP contribution in [-0.2, 0) is 9.53 Å². The van der Waals surface area contributed by atoms with Crippen molar-refractivity contribution in [3.8, 4) is 0 Å². The van der Waals surface area contributed by atoms with Gasteiger partial charge in [-0.25, -0.2) is 4.79 Å². The topological polar surface area (TPSA) is 46.6 Å². The number of hydrogen-bond acceptors (Lipinski definition) is 3. The number of Topliss-reactive ketones (excluding diaryl/α,β-unsaturated/α-hetero) is 1. The fourth-order valence-electron chi connectivity index (χ4n) is 2.05. The zero-order valence-corrected chi connectivity index (χ0v) is 11.4. The van der Waals surface area contributed by atoms with Crippen molar-refractivity contribution in [2.75, 3.05) is 6.54 Å². The molecule has 4 nitrogen and oxygen atoms in total. The minimum atomic E-state index is -0.509. The van der Waals surface area contributed by atoms with Crippen molar-refractivity contribution in [3.63, 3.8) is 0 Å². The molecule has 0 bridgehead atoms. The average molecular weight is 241 g/mol. The van der Waals surface area contributed by atoms with Crippen molar-refractivity contribution < 1.29 is 14.3 Å². The lowest BCUT2D eigenvalue weighted by atomic mass is 10.0. The maximum absolute atomic E-state index is 11.9. The van der Waals surface area contributed by atoms with E-state index in [-0.39, 0.29) is 24.5 Å². The maximum atomic E-state index is 11.9. The molecule has 0 unspecified atom stereocenters. The van der Waals surface area contributed by atoms with E-state index in [2.05, 4.69) is 13.8 Å². The molecule has 1 aliphatic rings. The molecule has 1 heterocycles. The summed E-state index contributed by atoms with van der Waals surface area (Å²) in [6.45, 7) is 9.89. The van der Waals surface area contributed by atoms with Gasteiger partial charge in [0.15, 0.2) is 5.78 Å². The Morgan fingerprint density at radius 1 is 1.47 bits per heavy atom. The molecule has 0 aromatic heterocycles. The van der Waals surface area contributed by atoms with Crippen LogP contribution in [0.2, 0.25) is 0 Å². The Morgan fingerprint density at radius 3 is 2.53 bits per heavy atom. The summed E-state index contributed by atoms with van der Waals surface area (Å²) < 4.78 is 5.32. The molecule has 4 heteroatoms. The van der Waals surface area contributed by atoms with Crippen molar-refractivity contribution in [1.29, 1.82) is 0 Å². The minimum absolute atomic E-state index is 0.0114. The van der Waals surface area contributed by atoms with E-state index in [1.54, 1.807) is 4.90 Å². The Kier molecular flexibility index (Phi) is 4.17. The number of carbonyl (C=O) groups is 2. The van der Waals surface area contributed by atoms with Crippen LogP contribution in [0.3, 0.4) is 0 Å². The van der Waals surface area contributed by atoms with Crippen molar-refractivity contribution in [2.45, 2.75) is 59.1 Å². The Labute approximate surface area is 103 Å². The zero-order chi connectivity index (χ0) is 13.2. The summed E-state index contributed by atoms with van der Waals surface area (Å²) in [5.41, 5.74) is -0.509. The minimum Gasteiger partial charge on any atom is -0.444 e. The molecule has 0 aromatic carbocycles. The van der Waals surface area contributed by atoms with Gasteiger partial charge >= 0.3 is 6.09 Å². The molecule has 0 saturated carbocycles. The summed E-state index contributed by atoms with van der Waals surface area (Å²) >= 11 is 0. The predicted molar refractivity (Wildman–Crippen MR) is 65.8 cm³/mol. The second-order valence-corrected chi connectivity index (χ2v) is 6.13. The second kappa shape index (κ2) is 5.07. The van der Waals surface area contributed by atoms with Crippen LogP contribution in [0, 0.1) is 5.92 Å². The normalized spacial score (nSPS) is 21.2. The van der Waals surface area contributed by atoms with Crippen LogP contribution < -0.4 is 0 Å². The van der Waals surface area contributed by atoms with Crippen molar-refractivity contribution >= 4 is 11.9 Å². The molecule has 1 fully saturated rings. The summed E-state index contributed by atoms with van der Waals surface area (Å²) in [6, 6.07) is 0.0114. The molecule has 0 N–H and O–H groups in total. The van der Waals surface area contributed by atoms with Gasteiger partial charge in [-0.1, -0.05) is 13.8 Å². The van der Waals surface area contributed by atoms with Crippen LogP contribution >= 0.6 is 0 Å². The summed E-state index contributed by atoms with van der Waals surface area (Å²) in [5.74, 6) is 0.595. The summed E-state index contributed by atoms with van der Waals surface area (Å²) in [5, 5.41) is 0. The molecule has 98 valence electrons. The molecule has 1 aliphatic heterocycles. The number of nitrogens with zero attached hydrogens (tertiary/aromatic N) is 1. The third kappa shape index (κ3) is 4.36. The molecule has 0 radical (unpaired) electrons. The van der Waals surface area contributed by atoms with E-state index < -0.39 is 5.60 Å². The molecule has 0 aliphatic carbocycles. The molecule has 1 amide bonds. The van der Waals surface area contributed by atoms with E-state index in [4.69, 9.17) is 4.74 Å². The van der Waals surface area contributed by atoms with Crippen LogP contribution in [0.5, 0.6) is 0 Å². The van der Waals surface area contributed by atoms with E-state index >= 15 is 0 Å². The standard InChI is InChI=1S/C13H23NO3/c1-9(2)6-10-7-11(15)8-14(10)12(16)17-13(3,4)5/h9-10H,6-8H2,1-5H3/t10-/m0/s1. The first-order chi connectivity index (χ1) is 7.69. The number of amides is 1. The van der Waals surface area contributed by atoms with Gasteiger partial charge in [0.1, 0.15) is 5.60 Å². The van der Waals surface area contributed by atoms with E-state index in [0.717, 1.165) is 6.42 Å². The van der Waals surface area contributed by atoms with E-state index in [1.165, 1.54) is 0 Å². The molecular formula is C13H23NO3. The quantitative estimate of drug-likeness (QED) is 0.746. The van der Waals surface area contributed by atoms with Crippen LogP contribution in [0.4, 0.5) is 4.79 Å². The van der Waals surface area contributed by atoms with Gasteiger partial charge in [0.25, 0.3) is 0 Å². The SMILES string of the molecule is CC(C)C[C@H]1CC(=O)CN1C(=O)OC(C)(C)C. The van der Waals surface area contributed by atoms with Crippen LogP contribution in [0.15, 0.2) is 0 Å². The third-order valence-electron chi connectivity index (χ3n) is 2.62. The Balaban J connectivity index is 2.66. The molecule has 17 heavy (non-hydrogen) atoms. The fraction of sp³-hybridized carbons (Fsp3) is 0.846. The molecule has 1 atom stereocenters. The Hall–Kier alpha value is -1.06. The van der Waals surface area contributed by atoms with E-state index in [1.807, 2.05) is 20.8 Å². The number of ether oxygens (including phenoxy) is 1. The van der Waals surface area contributed by atoms with Gasteiger partial charge in [0, 0.05) is 12.5 Å². The van der Waals surface area contributed by atoms with Gasteiger partial charge in [0.05, 0.1) is 6.54 Å². The smallest absolute Gasteiger partial charge is 0.410 e. The molecular weight excluding hydrogens is 218 g/mol. The van der Waals surface area contributed by atoms with E-state index in [0.29, 0.717) is 12.3 Å². The molecule has 1 saturated heterocycles. The highest BCUT2D eigenvalue weighted by atomic mass is 16.6. The molecule has 1 rings (SSSR count). The lowest BCUT2D eigenvalue weighted by Crippen LogP contribution is -2.40. The predicted octanol–water partition coefficient (Wildman–Crippen LogP) is 2.61. The maximum Gasteiger partial charge on any atom is 0.410 e. The number of ketones is 1. The first-order valence-corrected chi connectivity index (χ1v) is 6.20. The number of rotatable bonds is 2. The van der Waals surface area contributed by atoms with Crippen LogP contribution in [0.1, 0.15) is 47.5 Å². The first kappa shape index (κ1) is 14.0. The van der Waals surface area contributed by atoms with Gasteiger partial charge in [-0.15, -0.1) is 0 Å². The highest BCUT2D eigenvalue weighted by molar-refractivity contribution is 5.88. The monoisotopic (exact) mass is 241 g/mol. The highest BCUT2D eigenvalue weighted by Crippen LogP contribution is 2.23. The van der Waals surface area contributed by atoms with E-state index in [9.17, 15) is 9.59 Å². The van der Waals surface area contributed by atoms with Gasteiger partial charge in [-0.05, 0) is 33.1 Å². The van der Waals surface area contributed by atoms with Crippen LogP contribution in [-0.4, -0.2) is 35.0 Å². The molecule has 0 aromatic rings. The summed E-state index contributed by atoms with van der Waals surface area (Å²) in [4.78, 5) is 25.0. The lowest BCUT2D eigenvalue weighted by molar-refractivity contribution is -0.117. The van der Waals surface area contributed by atoms with Crippen molar-refractivity contribution in [1.82, 2.24) is 4.90 Å². The molecule has 0 spiro atoms. The van der Waals surface area contributed by atoms with Crippen LogP contribution in [0.25, 0.3) is 0 Å². The Morgan fingerprint density at radius 2 is 2.06 bits per heavy atom. The zero-order valence-electron chi connectivity index (χ0n) is 11.4. The first-order valence-electron chi connectivity index (χ1n) is 6.20. The summed E-state index contributed by atoms with van der Waals surface area (Å²) in [6.07, 6.45) is 0.955. The second-order valence-electron chi connectivity index (χ2n) is 6.13. The van der Waals surface area contributed by atoms with Crippen molar-refractivity contribution in [2.24, 2.45) is 5.92 Å². The third-order valence-corrected chi connectivity index (χ3v) is 2.62. The van der Waals surface area contributed by atoms with Gasteiger partial charge in [-0.2, -0.15) is 0 Å².